The molecule has 0 atom stereocenters. The number of anilines is 1. The molecule has 5 heteroatoms. The van der Waals surface area contributed by atoms with Crippen LogP contribution >= 0.6 is 0 Å². The fourth-order valence-corrected chi connectivity index (χ4v) is 4.41. The normalized spacial score (nSPS) is 14.3. The molecule has 0 radical (unpaired) electrons. The molecular formula is C26H26N4O. The molecular weight excluding hydrogens is 384 g/mol. The van der Waals surface area contributed by atoms with E-state index in [1.165, 1.54) is 11.3 Å². The molecule has 1 saturated heterocycles. The topological polar surface area (TPSA) is 41.4 Å². The standard InChI is InChI=1S/C26H26N4O/c1-19-7-6-10-23(17-19)28-13-15-29(16-14-28)26(31)21-11-12-25-24(18-21)27-20(2)30(25)22-8-4-3-5-9-22/h3-12,17-18H,13-16H2,1-2H3. The van der Waals surface area contributed by atoms with Crippen LogP contribution < -0.4 is 4.90 Å². The largest absolute Gasteiger partial charge is 0.368 e. The van der Waals surface area contributed by atoms with Gasteiger partial charge in [-0.25, -0.2) is 4.98 Å². The van der Waals surface area contributed by atoms with Gasteiger partial charge in [0.25, 0.3) is 5.91 Å². The first-order chi connectivity index (χ1) is 15.1. The van der Waals surface area contributed by atoms with E-state index < -0.39 is 0 Å². The van der Waals surface area contributed by atoms with Crippen LogP contribution in [0.5, 0.6) is 0 Å². The highest BCUT2D eigenvalue weighted by Gasteiger charge is 2.23. The van der Waals surface area contributed by atoms with E-state index in [2.05, 4.69) is 52.8 Å². The monoisotopic (exact) mass is 410 g/mol. The predicted octanol–water partition coefficient (Wildman–Crippen LogP) is 4.60. The van der Waals surface area contributed by atoms with Crippen LogP contribution in [0.1, 0.15) is 21.7 Å². The first-order valence-corrected chi connectivity index (χ1v) is 10.8. The Hall–Kier alpha value is -3.60. The van der Waals surface area contributed by atoms with E-state index in [4.69, 9.17) is 4.98 Å². The minimum atomic E-state index is 0.0812. The van der Waals surface area contributed by atoms with E-state index in [-0.39, 0.29) is 5.91 Å². The summed E-state index contributed by atoms with van der Waals surface area (Å²) in [5.74, 6) is 0.996. The van der Waals surface area contributed by atoms with E-state index in [9.17, 15) is 4.79 Å². The van der Waals surface area contributed by atoms with Crippen molar-refractivity contribution in [2.45, 2.75) is 13.8 Å². The number of para-hydroxylation sites is 1. The summed E-state index contributed by atoms with van der Waals surface area (Å²) in [6.45, 7) is 7.25. The second kappa shape index (κ2) is 7.91. The number of benzene rings is 3. The van der Waals surface area contributed by atoms with Crippen LogP contribution in [-0.2, 0) is 0 Å². The van der Waals surface area contributed by atoms with Crippen LogP contribution in [-0.4, -0.2) is 46.5 Å². The summed E-state index contributed by atoms with van der Waals surface area (Å²) in [4.78, 5) is 22.2. The highest BCUT2D eigenvalue weighted by molar-refractivity contribution is 5.97. The van der Waals surface area contributed by atoms with Gasteiger partial charge in [0, 0.05) is 43.1 Å². The lowest BCUT2D eigenvalue weighted by Gasteiger charge is -2.36. The third-order valence-electron chi connectivity index (χ3n) is 6.02. The number of hydrogen-bond donors (Lipinski definition) is 0. The molecule has 1 aliphatic rings. The minimum Gasteiger partial charge on any atom is -0.368 e. The Balaban J connectivity index is 1.35. The molecule has 0 N–H and O–H groups in total. The van der Waals surface area contributed by atoms with Gasteiger partial charge in [-0.3, -0.25) is 9.36 Å². The van der Waals surface area contributed by atoms with Gasteiger partial charge < -0.3 is 9.80 Å². The van der Waals surface area contributed by atoms with Crippen LogP contribution in [0, 0.1) is 13.8 Å². The SMILES string of the molecule is Cc1cccc(N2CCN(C(=O)c3ccc4c(c3)nc(C)n4-c3ccccc3)CC2)c1. The zero-order valence-electron chi connectivity index (χ0n) is 18.0. The Bertz CT molecular complexity index is 1240. The zero-order valence-corrected chi connectivity index (χ0v) is 18.0. The molecule has 1 amide bonds. The fourth-order valence-electron chi connectivity index (χ4n) is 4.41. The molecule has 5 nitrogen and oxygen atoms in total. The molecule has 156 valence electrons. The Kier molecular flexibility index (Phi) is 4.94. The van der Waals surface area contributed by atoms with Crippen LogP contribution in [0.3, 0.4) is 0 Å². The van der Waals surface area contributed by atoms with Gasteiger partial charge in [-0.05, 0) is 61.9 Å². The van der Waals surface area contributed by atoms with Gasteiger partial charge >= 0.3 is 0 Å². The summed E-state index contributed by atoms with van der Waals surface area (Å²) in [5, 5.41) is 0. The van der Waals surface area contributed by atoms with E-state index in [0.29, 0.717) is 5.56 Å². The molecule has 1 aromatic heterocycles. The number of rotatable bonds is 3. The van der Waals surface area contributed by atoms with Gasteiger partial charge in [0.05, 0.1) is 11.0 Å². The average Bonchev–Trinajstić information content (AvgIpc) is 3.14. The van der Waals surface area contributed by atoms with Crippen molar-refractivity contribution < 1.29 is 4.79 Å². The summed E-state index contributed by atoms with van der Waals surface area (Å²) in [6, 6.07) is 24.6. The smallest absolute Gasteiger partial charge is 0.254 e. The van der Waals surface area contributed by atoms with E-state index in [1.807, 2.05) is 48.2 Å². The van der Waals surface area contributed by atoms with Gasteiger partial charge in [0.15, 0.2) is 0 Å². The molecule has 5 rings (SSSR count). The maximum Gasteiger partial charge on any atom is 0.254 e. The maximum atomic E-state index is 13.2. The zero-order chi connectivity index (χ0) is 21.4. The molecule has 4 aromatic rings. The molecule has 31 heavy (non-hydrogen) atoms. The highest BCUT2D eigenvalue weighted by Crippen LogP contribution is 2.24. The number of nitrogens with zero attached hydrogens (tertiary/aromatic N) is 4. The Morgan fingerprint density at radius 3 is 2.29 bits per heavy atom. The Morgan fingerprint density at radius 2 is 1.55 bits per heavy atom. The molecule has 0 saturated carbocycles. The number of piperazine rings is 1. The van der Waals surface area contributed by atoms with E-state index in [1.54, 1.807) is 0 Å². The highest BCUT2D eigenvalue weighted by atomic mass is 16.2. The lowest BCUT2D eigenvalue weighted by atomic mass is 10.1. The van der Waals surface area contributed by atoms with E-state index in [0.717, 1.165) is 48.7 Å². The summed E-state index contributed by atoms with van der Waals surface area (Å²) >= 11 is 0. The van der Waals surface area contributed by atoms with Gasteiger partial charge in [0.1, 0.15) is 5.82 Å². The number of fused-ring (bicyclic) bond motifs is 1. The Morgan fingerprint density at radius 1 is 0.806 bits per heavy atom. The molecule has 0 aliphatic carbocycles. The van der Waals surface area contributed by atoms with Crippen LogP contribution in [0.2, 0.25) is 0 Å². The summed E-state index contributed by atoms with van der Waals surface area (Å²) < 4.78 is 2.13. The third-order valence-corrected chi connectivity index (χ3v) is 6.02. The maximum absolute atomic E-state index is 13.2. The molecule has 0 bridgehead atoms. The van der Waals surface area contributed by atoms with Crippen LogP contribution in [0.25, 0.3) is 16.7 Å². The predicted molar refractivity (Wildman–Crippen MR) is 125 cm³/mol. The van der Waals surface area contributed by atoms with Crippen molar-refractivity contribution in [3.8, 4) is 5.69 Å². The lowest BCUT2D eigenvalue weighted by molar-refractivity contribution is 0.0747. The number of amides is 1. The molecule has 1 aliphatic heterocycles. The lowest BCUT2D eigenvalue weighted by Crippen LogP contribution is -2.48. The van der Waals surface area contributed by atoms with Crippen molar-refractivity contribution in [2.75, 3.05) is 31.1 Å². The molecule has 0 unspecified atom stereocenters. The third kappa shape index (κ3) is 3.67. The van der Waals surface area contributed by atoms with Gasteiger partial charge in [-0.2, -0.15) is 0 Å². The second-order valence-corrected chi connectivity index (χ2v) is 8.15. The summed E-state index contributed by atoms with van der Waals surface area (Å²) in [7, 11) is 0. The molecule has 0 spiro atoms. The molecule has 3 aromatic carbocycles. The first kappa shape index (κ1) is 19.4. The Labute approximate surface area is 182 Å². The average molecular weight is 411 g/mol. The van der Waals surface area contributed by atoms with Gasteiger partial charge in [-0.1, -0.05) is 30.3 Å². The van der Waals surface area contributed by atoms with Crippen molar-refractivity contribution in [3.63, 3.8) is 0 Å². The fraction of sp³-hybridized carbons (Fsp3) is 0.231. The van der Waals surface area contributed by atoms with E-state index >= 15 is 0 Å². The van der Waals surface area contributed by atoms with Crippen molar-refractivity contribution in [2.24, 2.45) is 0 Å². The van der Waals surface area contributed by atoms with Crippen molar-refractivity contribution in [1.29, 1.82) is 0 Å². The molecule has 1 fully saturated rings. The number of hydrogen-bond acceptors (Lipinski definition) is 3. The van der Waals surface area contributed by atoms with Crippen molar-refractivity contribution >= 4 is 22.6 Å². The quantitative estimate of drug-likeness (QED) is 0.495. The number of carbonyl (C=O) groups excluding carboxylic acids is 1. The van der Waals surface area contributed by atoms with Gasteiger partial charge in [-0.15, -0.1) is 0 Å². The van der Waals surface area contributed by atoms with Gasteiger partial charge in [0.2, 0.25) is 0 Å². The second-order valence-electron chi connectivity index (χ2n) is 8.15. The van der Waals surface area contributed by atoms with Crippen molar-refractivity contribution in [1.82, 2.24) is 14.5 Å². The van der Waals surface area contributed by atoms with Crippen molar-refractivity contribution in [3.05, 3.63) is 89.7 Å². The number of aryl methyl sites for hydroxylation is 2. The first-order valence-electron chi connectivity index (χ1n) is 10.8. The van der Waals surface area contributed by atoms with Crippen LogP contribution in [0.4, 0.5) is 5.69 Å². The van der Waals surface area contributed by atoms with Crippen LogP contribution in [0.15, 0.2) is 72.8 Å². The minimum absolute atomic E-state index is 0.0812. The number of imidazole rings is 1. The summed E-state index contributed by atoms with van der Waals surface area (Å²) in [5.41, 5.74) is 6.14. The number of carbonyl (C=O) groups is 1. The summed E-state index contributed by atoms with van der Waals surface area (Å²) in [6.07, 6.45) is 0. The number of aromatic nitrogens is 2. The molecule has 2 heterocycles.